The fourth-order valence-electron chi connectivity index (χ4n) is 3.07. The summed E-state index contributed by atoms with van der Waals surface area (Å²) >= 11 is 12.7. The molecule has 0 N–H and O–H groups in total. The van der Waals surface area contributed by atoms with Gasteiger partial charge in [0.25, 0.3) is 5.56 Å². The maximum atomic E-state index is 13.6. The summed E-state index contributed by atoms with van der Waals surface area (Å²) in [5.41, 5.74) is -0.209. The van der Waals surface area contributed by atoms with Gasteiger partial charge in [-0.15, -0.1) is 0 Å². The molecule has 0 saturated heterocycles. The largest absolute Gasteiger partial charge is 0.497 e. The smallest absolute Gasteiger partial charge is 0.335 e. The van der Waals surface area contributed by atoms with Crippen LogP contribution >= 0.6 is 23.2 Å². The molecule has 0 fully saturated rings. The van der Waals surface area contributed by atoms with Crippen molar-refractivity contribution < 1.29 is 13.9 Å². The van der Waals surface area contributed by atoms with Crippen molar-refractivity contribution in [2.75, 3.05) is 14.2 Å². The van der Waals surface area contributed by atoms with Gasteiger partial charge in [-0.2, -0.15) is 0 Å². The van der Waals surface area contributed by atoms with E-state index < -0.39 is 17.1 Å². The number of halogens is 3. The predicted molar refractivity (Wildman–Crippen MR) is 111 cm³/mol. The molecule has 0 bridgehead atoms. The first-order valence-electron chi connectivity index (χ1n) is 8.41. The van der Waals surface area contributed by atoms with Crippen molar-refractivity contribution >= 4 is 23.2 Å². The molecule has 0 spiro atoms. The average molecular weight is 439 g/mol. The summed E-state index contributed by atoms with van der Waals surface area (Å²) < 4.78 is 26.4. The Labute approximate surface area is 175 Å². The average Bonchev–Trinajstić information content (AvgIpc) is 2.70. The molecule has 3 aromatic rings. The molecule has 0 aliphatic rings. The van der Waals surface area contributed by atoms with Crippen LogP contribution in [0.3, 0.4) is 0 Å². The van der Waals surface area contributed by atoms with Gasteiger partial charge in [-0.1, -0.05) is 23.2 Å². The van der Waals surface area contributed by atoms with E-state index >= 15 is 0 Å². The number of hydrogen-bond donors (Lipinski definition) is 0. The molecule has 2 aromatic carbocycles. The standard InChI is InChI=1S/C20H17Cl2FN2O4/c1-10-18(13-6-5-11(23)7-14(13)21)25(20(27)24(2)19(10)26)15-8-12(28-3)9-16(29-4)17(15)22/h5-9H,1-4H3. The second kappa shape index (κ2) is 7.93. The lowest BCUT2D eigenvalue weighted by atomic mass is 10.1. The van der Waals surface area contributed by atoms with Crippen LogP contribution in [0.4, 0.5) is 4.39 Å². The predicted octanol–water partition coefficient (Wildman–Crippen LogP) is 3.97. The fraction of sp³-hybridized carbons (Fsp3) is 0.200. The van der Waals surface area contributed by atoms with E-state index in [2.05, 4.69) is 0 Å². The topological polar surface area (TPSA) is 62.5 Å². The summed E-state index contributed by atoms with van der Waals surface area (Å²) in [6.45, 7) is 1.55. The van der Waals surface area contributed by atoms with Crippen LogP contribution in [0.25, 0.3) is 16.9 Å². The molecule has 29 heavy (non-hydrogen) atoms. The van der Waals surface area contributed by atoms with Crippen molar-refractivity contribution in [1.82, 2.24) is 9.13 Å². The maximum absolute atomic E-state index is 13.6. The van der Waals surface area contributed by atoms with E-state index in [1.165, 1.54) is 44.0 Å². The monoisotopic (exact) mass is 438 g/mol. The van der Waals surface area contributed by atoms with Crippen LogP contribution in [-0.2, 0) is 7.05 Å². The molecule has 1 aromatic heterocycles. The van der Waals surface area contributed by atoms with Gasteiger partial charge in [-0.3, -0.25) is 13.9 Å². The number of aromatic nitrogens is 2. The first-order valence-corrected chi connectivity index (χ1v) is 9.16. The first kappa shape index (κ1) is 21.0. The van der Waals surface area contributed by atoms with Crippen LogP contribution in [0.15, 0.2) is 39.9 Å². The first-order chi connectivity index (χ1) is 13.7. The Morgan fingerprint density at radius 1 is 1.03 bits per heavy atom. The van der Waals surface area contributed by atoms with Crippen molar-refractivity contribution in [2.24, 2.45) is 7.05 Å². The lowest BCUT2D eigenvalue weighted by Crippen LogP contribution is -2.39. The number of ether oxygens (including phenoxy) is 2. The summed E-state index contributed by atoms with van der Waals surface area (Å²) in [4.78, 5) is 25.8. The lowest BCUT2D eigenvalue weighted by Gasteiger charge is -2.20. The summed E-state index contributed by atoms with van der Waals surface area (Å²) in [5, 5.41) is 0.174. The van der Waals surface area contributed by atoms with E-state index in [1.54, 1.807) is 13.0 Å². The van der Waals surface area contributed by atoms with Crippen molar-refractivity contribution in [3.8, 4) is 28.4 Å². The summed E-state index contributed by atoms with van der Waals surface area (Å²) in [7, 11) is 4.24. The molecule has 0 radical (unpaired) electrons. The minimum Gasteiger partial charge on any atom is -0.497 e. The Morgan fingerprint density at radius 3 is 2.31 bits per heavy atom. The van der Waals surface area contributed by atoms with Gasteiger partial charge in [0.05, 0.1) is 30.6 Å². The molecule has 1 heterocycles. The Kier molecular flexibility index (Phi) is 5.73. The van der Waals surface area contributed by atoms with E-state index in [1.807, 2.05) is 0 Å². The zero-order valence-electron chi connectivity index (χ0n) is 16.0. The van der Waals surface area contributed by atoms with E-state index in [0.29, 0.717) is 11.3 Å². The molecule has 0 saturated carbocycles. The Morgan fingerprint density at radius 2 is 1.72 bits per heavy atom. The molecule has 0 aliphatic carbocycles. The normalized spacial score (nSPS) is 10.9. The maximum Gasteiger partial charge on any atom is 0.335 e. The Balaban J connectivity index is 2.54. The summed E-state index contributed by atoms with van der Waals surface area (Å²) in [5.74, 6) is 0.113. The molecule has 152 valence electrons. The van der Waals surface area contributed by atoms with E-state index in [-0.39, 0.29) is 32.7 Å². The second-order valence-electron chi connectivity index (χ2n) is 6.24. The molecule has 6 nitrogen and oxygen atoms in total. The summed E-state index contributed by atoms with van der Waals surface area (Å²) in [6, 6.07) is 6.81. The molecule has 0 atom stereocenters. The highest BCUT2D eigenvalue weighted by Crippen LogP contribution is 2.38. The van der Waals surface area contributed by atoms with Gasteiger partial charge in [-0.25, -0.2) is 9.18 Å². The quantitative estimate of drug-likeness (QED) is 0.617. The molecule has 0 amide bonds. The van der Waals surface area contributed by atoms with Gasteiger partial charge < -0.3 is 9.47 Å². The van der Waals surface area contributed by atoms with Crippen LogP contribution in [-0.4, -0.2) is 23.4 Å². The number of benzene rings is 2. The van der Waals surface area contributed by atoms with Gasteiger partial charge in [0, 0.05) is 30.3 Å². The van der Waals surface area contributed by atoms with Crippen molar-refractivity contribution in [1.29, 1.82) is 0 Å². The minimum atomic E-state index is -0.659. The van der Waals surface area contributed by atoms with Gasteiger partial charge in [0.15, 0.2) is 0 Å². The molecular weight excluding hydrogens is 422 g/mol. The number of rotatable bonds is 4. The molecule has 0 aliphatic heterocycles. The fourth-order valence-corrected chi connectivity index (χ4v) is 3.60. The van der Waals surface area contributed by atoms with Gasteiger partial charge in [0.1, 0.15) is 22.3 Å². The third-order valence-electron chi connectivity index (χ3n) is 4.56. The second-order valence-corrected chi connectivity index (χ2v) is 7.03. The molecular formula is C20H17Cl2FN2O4. The van der Waals surface area contributed by atoms with Crippen molar-refractivity contribution in [3.05, 3.63) is 72.6 Å². The van der Waals surface area contributed by atoms with Gasteiger partial charge in [0.2, 0.25) is 0 Å². The minimum absolute atomic E-state index is 0.0421. The van der Waals surface area contributed by atoms with Gasteiger partial charge >= 0.3 is 5.69 Å². The van der Waals surface area contributed by atoms with Crippen molar-refractivity contribution in [3.63, 3.8) is 0 Å². The third kappa shape index (κ3) is 3.52. The highest BCUT2D eigenvalue weighted by atomic mass is 35.5. The molecule has 0 unspecified atom stereocenters. The van der Waals surface area contributed by atoms with Crippen LogP contribution in [0.5, 0.6) is 11.5 Å². The van der Waals surface area contributed by atoms with E-state index in [0.717, 1.165) is 10.6 Å². The SMILES string of the molecule is COc1cc(OC)c(Cl)c(-n2c(-c3ccc(F)cc3Cl)c(C)c(=O)n(C)c2=O)c1. The molecule has 3 rings (SSSR count). The number of methoxy groups -OCH3 is 2. The van der Waals surface area contributed by atoms with E-state index in [4.69, 9.17) is 32.7 Å². The number of hydrogen-bond acceptors (Lipinski definition) is 4. The van der Waals surface area contributed by atoms with Crippen molar-refractivity contribution in [2.45, 2.75) is 6.92 Å². The Bertz CT molecular complexity index is 1230. The summed E-state index contributed by atoms with van der Waals surface area (Å²) in [6.07, 6.45) is 0. The van der Waals surface area contributed by atoms with E-state index in [9.17, 15) is 14.0 Å². The highest BCUT2D eigenvalue weighted by molar-refractivity contribution is 6.34. The molecule has 9 heteroatoms. The van der Waals surface area contributed by atoms with Crippen LogP contribution in [0.2, 0.25) is 10.0 Å². The highest BCUT2D eigenvalue weighted by Gasteiger charge is 2.23. The number of nitrogens with zero attached hydrogens (tertiary/aromatic N) is 2. The Hall–Kier alpha value is -2.77. The van der Waals surface area contributed by atoms with Crippen LogP contribution < -0.4 is 20.7 Å². The zero-order valence-corrected chi connectivity index (χ0v) is 17.6. The lowest BCUT2D eigenvalue weighted by molar-refractivity contribution is 0.394. The van der Waals surface area contributed by atoms with Crippen LogP contribution in [0, 0.1) is 12.7 Å². The zero-order chi connectivity index (χ0) is 21.5. The third-order valence-corrected chi connectivity index (χ3v) is 5.25. The van der Waals surface area contributed by atoms with Gasteiger partial charge in [-0.05, 0) is 25.1 Å². The van der Waals surface area contributed by atoms with Crippen LogP contribution in [0.1, 0.15) is 5.56 Å².